The van der Waals surface area contributed by atoms with Crippen LogP contribution >= 0.6 is 0 Å². The predicted molar refractivity (Wildman–Crippen MR) is 52.3 cm³/mol. The zero-order chi connectivity index (χ0) is 14.8. The minimum absolute atomic E-state index is 0.399. The summed E-state index contributed by atoms with van der Waals surface area (Å²) in [5.74, 6) is -2.41. The van der Waals surface area contributed by atoms with Crippen LogP contribution in [-0.4, -0.2) is 17.3 Å². The maximum atomic E-state index is 12.7. The third kappa shape index (κ3) is 3.74. The van der Waals surface area contributed by atoms with E-state index in [2.05, 4.69) is 9.72 Å². The van der Waals surface area contributed by atoms with E-state index in [9.17, 15) is 26.7 Å². The summed E-state index contributed by atoms with van der Waals surface area (Å²) in [4.78, 5) is 14.2. The molecule has 1 rings (SSSR count). The van der Waals surface area contributed by atoms with Crippen molar-refractivity contribution >= 4 is 5.91 Å². The van der Waals surface area contributed by atoms with Crippen LogP contribution in [0, 0.1) is 0 Å². The summed E-state index contributed by atoms with van der Waals surface area (Å²) in [5.41, 5.74) is 7.63. The topological polar surface area (TPSA) is 91.2 Å². The summed E-state index contributed by atoms with van der Waals surface area (Å²) in [7, 11) is 0. The van der Waals surface area contributed by atoms with Crippen molar-refractivity contribution < 1.29 is 31.5 Å². The van der Waals surface area contributed by atoms with Crippen molar-refractivity contribution in [1.82, 2.24) is 4.98 Å². The highest BCUT2D eigenvalue weighted by Crippen LogP contribution is 2.30. The lowest BCUT2D eigenvalue weighted by molar-refractivity contribution is -0.276. The zero-order valence-corrected chi connectivity index (χ0v) is 9.17. The van der Waals surface area contributed by atoms with Gasteiger partial charge in [0.25, 0.3) is 6.43 Å². The molecule has 1 amide bonds. The van der Waals surface area contributed by atoms with Gasteiger partial charge in [0.1, 0.15) is 0 Å². The lowest BCUT2D eigenvalue weighted by Gasteiger charge is -2.14. The van der Waals surface area contributed by atoms with Gasteiger partial charge in [-0.2, -0.15) is 0 Å². The normalized spacial score (nSPS) is 11.7. The molecule has 0 aliphatic rings. The van der Waals surface area contributed by atoms with Gasteiger partial charge in [-0.3, -0.25) is 4.79 Å². The van der Waals surface area contributed by atoms with Gasteiger partial charge in [-0.1, -0.05) is 0 Å². The summed E-state index contributed by atoms with van der Waals surface area (Å²) in [6.45, 7) is -0.602. The highest BCUT2D eigenvalue weighted by atomic mass is 19.4. The van der Waals surface area contributed by atoms with Crippen molar-refractivity contribution in [3.63, 3.8) is 0 Å². The van der Waals surface area contributed by atoms with Gasteiger partial charge in [-0.15, -0.1) is 13.2 Å². The third-order valence-electron chi connectivity index (χ3n) is 2.01. The number of rotatable bonds is 4. The lowest BCUT2D eigenvalue weighted by atomic mass is 10.1. The average molecular weight is 285 g/mol. The highest BCUT2D eigenvalue weighted by Gasteiger charge is 2.33. The van der Waals surface area contributed by atoms with Gasteiger partial charge in [-0.05, 0) is 0 Å². The van der Waals surface area contributed by atoms with Crippen molar-refractivity contribution in [2.24, 2.45) is 11.5 Å². The summed E-state index contributed by atoms with van der Waals surface area (Å²) >= 11 is 0. The zero-order valence-electron chi connectivity index (χ0n) is 9.17. The van der Waals surface area contributed by atoms with Crippen LogP contribution in [0.25, 0.3) is 0 Å². The Labute approximate surface area is 103 Å². The third-order valence-corrected chi connectivity index (χ3v) is 2.01. The number of carbonyl (C=O) groups excluding carboxylic acids is 1. The maximum absolute atomic E-state index is 12.7. The molecule has 0 saturated carbocycles. The van der Waals surface area contributed by atoms with Crippen LogP contribution in [0.3, 0.4) is 0 Å². The number of alkyl halides is 5. The van der Waals surface area contributed by atoms with Crippen LogP contribution < -0.4 is 16.2 Å². The standard InChI is InChI=1S/C9H8F5N3O2/c10-7(11)6-3(8(16)18)1-5(17-4(6)2-15)19-9(12,13)14/h1,7H,2,15H2,(H2,16,18). The molecule has 106 valence electrons. The largest absolute Gasteiger partial charge is 0.574 e. The van der Waals surface area contributed by atoms with Crippen molar-refractivity contribution in [2.45, 2.75) is 19.3 Å². The van der Waals surface area contributed by atoms with Crippen LogP contribution in [-0.2, 0) is 6.54 Å². The molecule has 4 N–H and O–H groups in total. The second kappa shape index (κ2) is 5.34. The molecule has 1 heterocycles. The Morgan fingerprint density at radius 3 is 2.37 bits per heavy atom. The Kier molecular flexibility index (Phi) is 4.24. The Hall–Kier alpha value is -1.97. The smallest absolute Gasteiger partial charge is 0.388 e. The Morgan fingerprint density at radius 1 is 1.42 bits per heavy atom. The Bertz CT molecular complexity index is 489. The van der Waals surface area contributed by atoms with Gasteiger partial charge in [-0.25, -0.2) is 13.8 Å². The van der Waals surface area contributed by atoms with E-state index in [4.69, 9.17) is 11.5 Å². The number of nitrogens with two attached hydrogens (primary N) is 2. The number of carbonyl (C=O) groups is 1. The second-order valence-corrected chi connectivity index (χ2v) is 3.29. The number of primary amides is 1. The van der Waals surface area contributed by atoms with Crippen molar-refractivity contribution in [3.8, 4) is 5.88 Å². The molecular weight excluding hydrogens is 277 g/mol. The van der Waals surface area contributed by atoms with Crippen molar-refractivity contribution in [2.75, 3.05) is 0 Å². The molecule has 1 aromatic rings. The van der Waals surface area contributed by atoms with E-state index in [0.717, 1.165) is 0 Å². The second-order valence-electron chi connectivity index (χ2n) is 3.29. The highest BCUT2D eigenvalue weighted by molar-refractivity contribution is 5.95. The first-order valence-corrected chi connectivity index (χ1v) is 4.73. The van der Waals surface area contributed by atoms with E-state index in [1.54, 1.807) is 0 Å². The fourth-order valence-corrected chi connectivity index (χ4v) is 1.36. The fraction of sp³-hybridized carbons (Fsp3) is 0.333. The van der Waals surface area contributed by atoms with E-state index >= 15 is 0 Å². The molecule has 0 aromatic carbocycles. The molecule has 0 radical (unpaired) electrons. The van der Waals surface area contributed by atoms with E-state index in [1.807, 2.05) is 0 Å². The van der Waals surface area contributed by atoms with E-state index in [0.29, 0.717) is 6.07 Å². The van der Waals surface area contributed by atoms with Gasteiger partial charge in [0.2, 0.25) is 11.8 Å². The Morgan fingerprint density at radius 2 is 2.00 bits per heavy atom. The first kappa shape index (κ1) is 15.1. The number of pyridine rings is 1. The molecular formula is C9H8F5N3O2. The summed E-state index contributed by atoms with van der Waals surface area (Å²) in [6, 6.07) is 0.399. The number of aromatic nitrogens is 1. The Balaban J connectivity index is 3.40. The molecule has 0 saturated heterocycles. The molecule has 0 unspecified atom stereocenters. The minimum atomic E-state index is -5.08. The lowest BCUT2D eigenvalue weighted by Crippen LogP contribution is -2.22. The molecule has 10 heteroatoms. The molecule has 0 fully saturated rings. The van der Waals surface area contributed by atoms with Crippen LogP contribution in [0.5, 0.6) is 5.88 Å². The van der Waals surface area contributed by atoms with Crippen LogP contribution in [0.2, 0.25) is 0 Å². The minimum Gasteiger partial charge on any atom is -0.388 e. The van der Waals surface area contributed by atoms with Gasteiger partial charge in [0, 0.05) is 12.6 Å². The van der Waals surface area contributed by atoms with Crippen LogP contribution in [0.15, 0.2) is 6.07 Å². The number of hydrogen-bond donors (Lipinski definition) is 2. The molecule has 1 aromatic heterocycles. The SMILES string of the molecule is NCc1nc(OC(F)(F)F)cc(C(N)=O)c1C(F)F. The average Bonchev–Trinajstić information content (AvgIpc) is 2.24. The number of nitrogens with zero attached hydrogens (tertiary/aromatic N) is 1. The van der Waals surface area contributed by atoms with E-state index in [1.165, 1.54) is 0 Å². The van der Waals surface area contributed by atoms with Crippen molar-refractivity contribution in [3.05, 3.63) is 22.9 Å². The quantitative estimate of drug-likeness (QED) is 0.819. The van der Waals surface area contributed by atoms with Gasteiger partial charge in [0.05, 0.1) is 16.8 Å². The molecule has 5 nitrogen and oxygen atoms in total. The summed E-state index contributed by atoms with van der Waals surface area (Å²) < 4.78 is 65.0. The molecule has 0 atom stereocenters. The number of halogens is 5. The molecule has 19 heavy (non-hydrogen) atoms. The van der Waals surface area contributed by atoms with Crippen LogP contribution in [0.4, 0.5) is 22.0 Å². The summed E-state index contributed by atoms with van der Waals surface area (Å²) in [5, 5.41) is 0. The predicted octanol–water partition coefficient (Wildman–Crippen LogP) is 1.48. The van der Waals surface area contributed by atoms with Gasteiger partial charge < -0.3 is 16.2 Å². The molecule has 0 bridgehead atoms. The number of ether oxygens (including phenoxy) is 1. The first-order valence-electron chi connectivity index (χ1n) is 4.73. The van der Waals surface area contributed by atoms with Crippen LogP contribution in [0.1, 0.15) is 28.0 Å². The fourth-order valence-electron chi connectivity index (χ4n) is 1.36. The van der Waals surface area contributed by atoms with E-state index < -0.39 is 47.9 Å². The number of amides is 1. The first-order chi connectivity index (χ1) is 8.65. The summed E-state index contributed by atoms with van der Waals surface area (Å²) in [6.07, 6.45) is -8.24. The van der Waals surface area contributed by atoms with Crippen molar-refractivity contribution in [1.29, 1.82) is 0 Å². The molecule has 0 aliphatic carbocycles. The monoisotopic (exact) mass is 285 g/mol. The van der Waals surface area contributed by atoms with Gasteiger partial charge >= 0.3 is 6.36 Å². The van der Waals surface area contributed by atoms with Gasteiger partial charge in [0.15, 0.2) is 0 Å². The molecule has 0 aliphatic heterocycles. The molecule has 0 spiro atoms. The maximum Gasteiger partial charge on any atom is 0.574 e. The van der Waals surface area contributed by atoms with E-state index in [-0.39, 0.29) is 0 Å². The number of hydrogen-bond acceptors (Lipinski definition) is 4.